The Kier molecular flexibility index (Phi) is 10.4. The van der Waals surface area contributed by atoms with E-state index in [1.807, 2.05) is 65.6 Å². The number of hydrogen-bond acceptors (Lipinski definition) is 7. The molecule has 4 atom stereocenters. The van der Waals surface area contributed by atoms with Crippen LogP contribution in [0.5, 0.6) is 0 Å². The highest BCUT2D eigenvalue weighted by atomic mass is 16.6. The van der Waals surface area contributed by atoms with E-state index >= 15 is 0 Å². The predicted molar refractivity (Wildman–Crippen MR) is 157 cm³/mol. The number of hydrogen-bond donors (Lipinski definition) is 2. The van der Waals surface area contributed by atoms with Gasteiger partial charge in [0, 0.05) is 31.1 Å². The van der Waals surface area contributed by atoms with Crippen molar-refractivity contribution >= 4 is 18.0 Å². The minimum absolute atomic E-state index is 0.00493. The molecule has 0 spiro atoms. The molecule has 0 bridgehead atoms. The highest BCUT2D eigenvalue weighted by Crippen LogP contribution is 2.34. The summed E-state index contributed by atoms with van der Waals surface area (Å²) in [5.41, 5.74) is 1.73. The van der Waals surface area contributed by atoms with Crippen LogP contribution in [0, 0.1) is 0 Å². The summed E-state index contributed by atoms with van der Waals surface area (Å²) in [5, 5.41) is 6.44. The Morgan fingerprint density at radius 2 is 1.51 bits per heavy atom. The number of fused-ring (bicyclic) bond motifs is 1. The molecule has 2 aliphatic rings. The fraction of sp³-hybridized carbons (Fsp3) is 0.531. The van der Waals surface area contributed by atoms with Crippen molar-refractivity contribution < 1.29 is 23.9 Å². The van der Waals surface area contributed by atoms with E-state index in [9.17, 15) is 14.4 Å². The summed E-state index contributed by atoms with van der Waals surface area (Å²) >= 11 is 0. The van der Waals surface area contributed by atoms with Crippen molar-refractivity contribution in [3.8, 4) is 0 Å². The van der Waals surface area contributed by atoms with Crippen molar-refractivity contribution in [2.75, 3.05) is 13.2 Å². The Balaban J connectivity index is 1.39. The highest BCUT2D eigenvalue weighted by molar-refractivity contribution is 5.81. The second-order valence-electron chi connectivity index (χ2n) is 12.1. The monoisotopic (exact) mass is 564 g/mol. The molecule has 222 valence electrons. The van der Waals surface area contributed by atoms with E-state index in [0.29, 0.717) is 25.7 Å². The summed E-state index contributed by atoms with van der Waals surface area (Å²) in [6.45, 7) is 9.38. The Morgan fingerprint density at radius 1 is 0.902 bits per heavy atom. The standard InChI is InChI=1S/C32H44N4O5/c1-23(37)36-22-35(28-16-15-26(19-29(28)36)34-32(2,3)4)18-17-27(30(38)40-20-24-11-7-5-8-12-24)33-31(39)41-21-25-13-9-6-10-14-25/h5-14,26-29,34H,15-22H2,1-4H3,(H,33,39)/t26-,27+,28+,29-/m1/s1. The molecule has 0 unspecified atom stereocenters. The summed E-state index contributed by atoms with van der Waals surface area (Å²) in [7, 11) is 0. The highest BCUT2D eigenvalue weighted by Gasteiger charge is 2.45. The van der Waals surface area contributed by atoms with Gasteiger partial charge in [0.2, 0.25) is 5.91 Å². The molecule has 4 rings (SSSR count). The minimum Gasteiger partial charge on any atom is -0.459 e. The van der Waals surface area contributed by atoms with E-state index < -0.39 is 18.1 Å². The molecule has 1 saturated heterocycles. The van der Waals surface area contributed by atoms with Gasteiger partial charge in [-0.05, 0) is 57.6 Å². The van der Waals surface area contributed by atoms with Crippen molar-refractivity contribution in [1.82, 2.24) is 20.4 Å². The molecular formula is C32H44N4O5. The van der Waals surface area contributed by atoms with Gasteiger partial charge in [0.05, 0.1) is 12.7 Å². The molecule has 1 aliphatic carbocycles. The molecule has 0 radical (unpaired) electrons. The number of esters is 1. The number of rotatable bonds is 10. The molecule has 41 heavy (non-hydrogen) atoms. The lowest BCUT2D eigenvalue weighted by Crippen LogP contribution is -2.53. The van der Waals surface area contributed by atoms with E-state index in [1.165, 1.54) is 0 Å². The van der Waals surface area contributed by atoms with Crippen LogP contribution in [0.3, 0.4) is 0 Å². The van der Waals surface area contributed by atoms with Gasteiger partial charge in [0.1, 0.15) is 19.3 Å². The van der Waals surface area contributed by atoms with Crippen molar-refractivity contribution in [2.24, 2.45) is 0 Å². The lowest BCUT2D eigenvalue weighted by atomic mass is 9.85. The van der Waals surface area contributed by atoms with Crippen LogP contribution >= 0.6 is 0 Å². The molecule has 2 aromatic rings. The summed E-state index contributed by atoms with van der Waals surface area (Å²) < 4.78 is 11.0. The van der Waals surface area contributed by atoms with E-state index in [4.69, 9.17) is 9.47 Å². The van der Waals surface area contributed by atoms with Gasteiger partial charge in [-0.15, -0.1) is 0 Å². The van der Waals surface area contributed by atoms with Gasteiger partial charge < -0.3 is 25.0 Å². The van der Waals surface area contributed by atoms with Crippen LogP contribution in [0.1, 0.15) is 64.5 Å². The molecule has 2 amide bonds. The lowest BCUT2D eigenvalue weighted by molar-refractivity contribution is -0.147. The van der Waals surface area contributed by atoms with Crippen LogP contribution in [-0.2, 0) is 32.3 Å². The summed E-state index contributed by atoms with van der Waals surface area (Å²) in [5.74, 6) is -0.455. The number of nitrogens with zero attached hydrogens (tertiary/aromatic N) is 2. The molecule has 9 nitrogen and oxygen atoms in total. The van der Waals surface area contributed by atoms with Gasteiger partial charge in [0.15, 0.2) is 0 Å². The van der Waals surface area contributed by atoms with Gasteiger partial charge in [-0.2, -0.15) is 0 Å². The fourth-order valence-corrected chi connectivity index (χ4v) is 5.89. The number of amides is 2. The molecule has 1 saturated carbocycles. The molecule has 1 heterocycles. The molecule has 9 heteroatoms. The molecular weight excluding hydrogens is 520 g/mol. The predicted octanol–water partition coefficient (Wildman–Crippen LogP) is 4.21. The van der Waals surface area contributed by atoms with Crippen molar-refractivity contribution in [3.05, 3.63) is 71.8 Å². The van der Waals surface area contributed by atoms with Crippen LogP contribution in [0.2, 0.25) is 0 Å². The first-order valence-corrected chi connectivity index (χ1v) is 14.6. The van der Waals surface area contributed by atoms with Crippen molar-refractivity contribution in [3.63, 3.8) is 0 Å². The number of ether oxygens (including phenoxy) is 2. The van der Waals surface area contributed by atoms with E-state index in [2.05, 4.69) is 36.3 Å². The minimum atomic E-state index is -0.884. The van der Waals surface area contributed by atoms with Gasteiger partial charge in [-0.1, -0.05) is 60.7 Å². The average molecular weight is 565 g/mol. The second kappa shape index (κ2) is 14.0. The van der Waals surface area contributed by atoms with Gasteiger partial charge >= 0.3 is 12.1 Å². The first-order valence-electron chi connectivity index (χ1n) is 14.6. The van der Waals surface area contributed by atoms with Crippen LogP contribution < -0.4 is 10.6 Å². The normalized spacial score (nSPS) is 21.6. The Morgan fingerprint density at radius 3 is 2.10 bits per heavy atom. The van der Waals surface area contributed by atoms with Crippen LogP contribution in [0.4, 0.5) is 4.79 Å². The van der Waals surface area contributed by atoms with Gasteiger partial charge in [-0.3, -0.25) is 9.69 Å². The van der Waals surface area contributed by atoms with Crippen molar-refractivity contribution in [2.45, 2.75) is 96.3 Å². The summed E-state index contributed by atoms with van der Waals surface area (Å²) in [6.07, 6.45) is 2.54. The average Bonchev–Trinajstić information content (AvgIpc) is 3.31. The lowest BCUT2D eigenvalue weighted by Gasteiger charge is -2.39. The Hall–Kier alpha value is -3.43. The quantitative estimate of drug-likeness (QED) is 0.417. The number of alkyl carbamates (subject to hydrolysis) is 1. The maximum absolute atomic E-state index is 13.2. The first kappa shape index (κ1) is 30.5. The van der Waals surface area contributed by atoms with Crippen molar-refractivity contribution in [1.29, 1.82) is 0 Å². The zero-order chi connectivity index (χ0) is 29.4. The zero-order valence-electron chi connectivity index (χ0n) is 24.7. The van der Waals surface area contributed by atoms with Gasteiger partial charge in [-0.25, -0.2) is 9.59 Å². The van der Waals surface area contributed by atoms with E-state index in [0.717, 1.165) is 30.4 Å². The smallest absolute Gasteiger partial charge is 0.408 e. The maximum Gasteiger partial charge on any atom is 0.408 e. The maximum atomic E-state index is 13.2. The summed E-state index contributed by atoms with van der Waals surface area (Å²) in [4.78, 5) is 42.7. The topological polar surface area (TPSA) is 100 Å². The summed E-state index contributed by atoms with van der Waals surface area (Å²) in [6, 6.07) is 18.6. The number of carbonyl (C=O) groups excluding carboxylic acids is 3. The number of benzene rings is 2. The fourth-order valence-electron chi connectivity index (χ4n) is 5.89. The van der Waals surface area contributed by atoms with Gasteiger partial charge in [0.25, 0.3) is 0 Å². The first-order chi connectivity index (χ1) is 19.6. The Bertz CT molecular complexity index is 1150. The van der Waals surface area contributed by atoms with Crippen LogP contribution in [0.25, 0.3) is 0 Å². The molecule has 2 fully saturated rings. The molecule has 2 N–H and O–H groups in total. The molecule has 2 aromatic carbocycles. The largest absolute Gasteiger partial charge is 0.459 e. The van der Waals surface area contributed by atoms with E-state index in [1.54, 1.807) is 6.92 Å². The third-order valence-corrected chi connectivity index (χ3v) is 7.74. The number of carbonyl (C=O) groups is 3. The Labute approximate surface area is 243 Å². The third kappa shape index (κ3) is 9.03. The van der Waals surface area contributed by atoms with Crippen LogP contribution in [-0.4, -0.2) is 70.7 Å². The van der Waals surface area contributed by atoms with E-state index in [-0.39, 0.29) is 36.7 Å². The zero-order valence-corrected chi connectivity index (χ0v) is 24.7. The molecule has 1 aliphatic heterocycles. The number of nitrogens with one attached hydrogen (secondary N) is 2. The van der Waals surface area contributed by atoms with Crippen LogP contribution in [0.15, 0.2) is 60.7 Å². The third-order valence-electron chi connectivity index (χ3n) is 7.74. The second-order valence-corrected chi connectivity index (χ2v) is 12.1. The SMILES string of the molecule is CC(=O)N1CN(CC[C@H](NC(=O)OCc2ccccc2)C(=O)OCc2ccccc2)[C@H]2CC[C@@H](NC(C)(C)C)C[C@H]21. The molecule has 0 aromatic heterocycles.